The van der Waals surface area contributed by atoms with Crippen molar-refractivity contribution in [3.8, 4) is 0 Å². The van der Waals surface area contributed by atoms with Crippen LogP contribution in [0.15, 0.2) is 30.3 Å². The molecule has 0 bridgehead atoms. The van der Waals surface area contributed by atoms with Gasteiger partial charge in [-0.1, -0.05) is 46.3 Å². The first kappa shape index (κ1) is 12.5. The van der Waals surface area contributed by atoms with Gasteiger partial charge >= 0.3 is 0 Å². The Balaban J connectivity index is 1.89. The lowest BCUT2D eigenvalue weighted by Crippen LogP contribution is -2.41. The molecule has 1 nitrogen and oxygen atoms in total. The number of alkyl halides is 1. The van der Waals surface area contributed by atoms with E-state index in [1.165, 1.54) is 18.5 Å². The van der Waals surface area contributed by atoms with E-state index in [4.69, 9.17) is 12.6 Å². The van der Waals surface area contributed by atoms with E-state index in [1.807, 2.05) is 0 Å². The fraction of sp³-hybridized carbons (Fsp3) is 0.538. The van der Waals surface area contributed by atoms with Crippen LogP contribution in [-0.4, -0.2) is 28.6 Å². The second-order valence-corrected chi connectivity index (χ2v) is 5.80. The maximum absolute atomic E-state index is 4.69. The minimum atomic E-state index is 0.511. The first-order chi connectivity index (χ1) is 7.79. The molecule has 1 fully saturated rings. The molecule has 0 aliphatic carbocycles. The number of thiol groups is 1. The molecule has 1 aliphatic heterocycles. The van der Waals surface area contributed by atoms with Gasteiger partial charge in [-0.3, -0.25) is 4.90 Å². The molecule has 2 unspecified atom stereocenters. The van der Waals surface area contributed by atoms with Crippen molar-refractivity contribution in [2.75, 3.05) is 18.4 Å². The van der Waals surface area contributed by atoms with Gasteiger partial charge in [-0.15, -0.1) is 0 Å². The normalized spacial score (nSPS) is 26.9. The zero-order valence-corrected chi connectivity index (χ0v) is 11.8. The van der Waals surface area contributed by atoms with Crippen molar-refractivity contribution in [3.05, 3.63) is 35.9 Å². The Hall–Kier alpha value is 0.01000. The zero-order valence-electron chi connectivity index (χ0n) is 9.35. The molecule has 0 amide bonds. The van der Waals surface area contributed by atoms with E-state index in [9.17, 15) is 0 Å². The van der Waals surface area contributed by atoms with Crippen molar-refractivity contribution in [3.63, 3.8) is 0 Å². The first-order valence-electron chi connectivity index (χ1n) is 5.80. The topological polar surface area (TPSA) is 3.24 Å². The molecule has 1 aliphatic rings. The molecular formula is C13H18BrNS. The molecule has 1 aromatic carbocycles. The summed E-state index contributed by atoms with van der Waals surface area (Å²) in [5.41, 5.74) is 1.40. The molecule has 16 heavy (non-hydrogen) atoms. The van der Waals surface area contributed by atoms with Crippen molar-refractivity contribution >= 4 is 28.6 Å². The van der Waals surface area contributed by atoms with Crippen molar-refractivity contribution < 1.29 is 0 Å². The number of halogens is 1. The highest BCUT2D eigenvalue weighted by atomic mass is 79.9. The van der Waals surface area contributed by atoms with E-state index in [1.54, 1.807) is 0 Å². The molecule has 1 aromatic rings. The van der Waals surface area contributed by atoms with Gasteiger partial charge in [0.15, 0.2) is 0 Å². The van der Waals surface area contributed by atoms with Crippen LogP contribution in [0.1, 0.15) is 12.0 Å². The van der Waals surface area contributed by atoms with Crippen LogP contribution >= 0.6 is 28.6 Å². The Morgan fingerprint density at radius 1 is 1.31 bits per heavy atom. The summed E-state index contributed by atoms with van der Waals surface area (Å²) in [6.45, 7) is 3.36. The summed E-state index contributed by atoms with van der Waals surface area (Å²) < 4.78 is 0. The lowest BCUT2D eigenvalue weighted by Gasteiger charge is -2.35. The Morgan fingerprint density at radius 3 is 2.69 bits per heavy atom. The fourth-order valence-corrected chi connectivity index (χ4v) is 3.76. The minimum Gasteiger partial charge on any atom is -0.298 e. The van der Waals surface area contributed by atoms with Crippen LogP contribution in [0.25, 0.3) is 0 Å². The standard InChI is InChI=1S/C13H18BrNS/c14-8-12-6-7-15(10-13(12)16)9-11-4-2-1-3-5-11/h1-5,12-13,16H,6-10H2. The summed E-state index contributed by atoms with van der Waals surface area (Å²) in [4.78, 5) is 2.51. The number of piperidine rings is 1. The largest absolute Gasteiger partial charge is 0.298 e. The molecule has 0 radical (unpaired) electrons. The van der Waals surface area contributed by atoms with Crippen molar-refractivity contribution in [2.24, 2.45) is 5.92 Å². The van der Waals surface area contributed by atoms with Crippen molar-refractivity contribution in [1.29, 1.82) is 0 Å². The van der Waals surface area contributed by atoms with E-state index < -0.39 is 0 Å². The summed E-state index contributed by atoms with van der Waals surface area (Å²) in [6.07, 6.45) is 1.26. The number of nitrogens with zero attached hydrogens (tertiary/aromatic N) is 1. The summed E-state index contributed by atoms with van der Waals surface area (Å²) >= 11 is 8.26. The number of rotatable bonds is 3. The Morgan fingerprint density at radius 2 is 2.06 bits per heavy atom. The van der Waals surface area contributed by atoms with Gasteiger partial charge in [-0.25, -0.2) is 0 Å². The highest BCUT2D eigenvalue weighted by molar-refractivity contribution is 9.09. The van der Waals surface area contributed by atoms with Gasteiger partial charge in [0, 0.05) is 23.7 Å². The van der Waals surface area contributed by atoms with Gasteiger partial charge < -0.3 is 0 Å². The Bertz CT molecular complexity index is 317. The van der Waals surface area contributed by atoms with Crippen LogP contribution in [0, 0.1) is 5.92 Å². The Kier molecular flexibility index (Phi) is 4.74. The van der Waals surface area contributed by atoms with Gasteiger partial charge in [0.1, 0.15) is 0 Å². The zero-order chi connectivity index (χ0) is 11.4. The Labute approximate surface area is 112 Å². The lowest BCUT2D eigenvalue weighted by atomic mass is 9.98. The molecule has 2 rings (SSSR count). The average Bonchev–Trinajstić information content (AvgIpc) is 2.31. The molecule has 0 aromatic heterocycles. The smallest absolute Gasteiger partial charge is 0.0234 e. The van der Waals surface area contributed by atoms with E-state index in [0.29, 0.717) is 5.25 Å². The van der Waals surface area contributed by atoms with E-state index in [-0.39, 0.29) is 0 Å². The van der Waals surface area contributed by atoms with Gasteiger partial charge in [0.2, 0.25) is 0 Å². The van der Waals surface area contributed by atoms with Crippen molar-refractivity contribution in [2.45, 2.75) is 18.2 Å². The summed E-state index contributed by atoms with van der Waals surface area (Å²) in [5, 5.41) is 1.59. The first-order valence-corrected chi connectivity index (χ1v) is 7.43. The molecule has 0 spiro atoms. The molecule has 0 saturated carbocycles. The highest BCUT2D eigenvalue weighted by Crippen LogP contribution is 2.24. The predicted molar refractivity (Wildman–Crippen MR) is 76.4 cm³/mol. The SMILES string of the molecule is SC1CN(Cc2ccccc2)CCC1CBr. The molecule has 0 N–H and O–H groups in total. The van der Waals surface area contributed by atoms with Gasteiger partial charge in [0.25, 0.3) is 0 Å². The van der Waals surface area contributed by atoms with Crippen LogP contribution in [0.3, 0.4) is 0 Å². The number of hydrogen-bond donors (Lipinski definition) is 1. The monoisotopic (exact) mass is 299 g/mol. The number of hydrogen-bond acceptors (Lipinski definition) is 2. The molecular weight excluding hydrogens is 282 g/mol. The quantitative estimate of drug-likeness (QED) is 0.663. The maximum atomic E-state index is 4.69. The van der Waals surface area contributed by atoms with Crippen LogP contribution in [0.2, 0.25) is 0 Å². The fourth-order valence-electron chi connectivity index (χ4n) is 2.21. The van der Waals surface area contributed by atoms with Gasteiger partial charge in [-0.2, -0.15) is 12.6 Å². The average molecular weight is 300 g/mol. The summed E-state index contributed by atoms with van der Waals surface area (Å²) in [7, 11) is 0. The third-order valence-corrected chi connectivity index (χ3v) is 4.67. The molecule has 3 heteroatoms. The van der Waals surface area contributed by atoms with Crippen LogP contribution < -0.4 is 0 Å². The molecule has 1 saturated heterocycles. The minimum absolute atomic E-state index is 0.511. The van der Waals surface area contributed by atoms with Gasteiger partial charge in [0.05, 0.1) is 0 Å². The second-order valence-electron chi connectivity index (χ2n) is 4.49. The van der Waals surface area contributed by atoms with E-state index >= 15 is 0 Å². The number of benzene rings is 1. The van der Waals surface area contributed by atoms with Crippen LogP contribution in [0.5, 0.6) is 0 Å². The summed E-state index contributed by atoms with van der Waals surface area (Å²) in [5.74, 6) is 0.732. The van der Waals surface area contributed by atoms with E-state index in [0.717, 1.165) is 24.3 Å². The second kappa shape index (κ2) is 6.08. The molecule has 88 valence electrons. The lowest BCUT2D eigenvalue weighted by molar-refractivity contribution is 0.194. The van der Waals surface area contributed by atoms with Crippen molar-refractivity contribution in [1.82, 2.24) is 4.90 Å². The maximum Gasteiger partial charge on any atom is 0.0234 e. The third kappa shape index (κ3) is 3.25. The van der Waals surface area contributed by atoms with Crippen LogP contribution in [0.4, 0.5) is 0 Å². The number of likely N-dealkylation sites (tertiary alicyclic amines) is 1. The predicted octanol–water partition coefficient (Wildman–Crippen LogP) is 3.20. The van der Waals surface area contributed by atoms with Gasteiger partial charge in [-0.05, 0) is 24.4 Å². The molecule has 2 atom stereocenters. The van der Waals surface area contributed by atoms with Crippen LogP contribution in [-0.2, 0) is 6.54 Å². The third-order valence-electron chi connectivity index (χ3n) is 3.25. The summed E-state index contributed by atoms with van der Waals surface area (Å²) in [6, 6.07) is 10.7. The van der Waals surface area contributed by atoms with E-state index in [2.05, 4.69) is 51.2 Å². The molecule has 1 heterocycles. The highest BCUT2D eigenvalue weighted by Gasteiger charge is 2.25.